The highest BCUT2D eigenvalue weighted by Gasteiger charge is 2.34. The molecule has 2 bridgehead atoms. The van der Waals surface area contributed by atoms with Crippen molar-refractivity contribution < 1.29 is 14.7 Å². The third-order valence-corrected chi connectivity index (χ3v) is 5.10. The Hall–Kier alpha value is -1.47. The summed E-state index contributed by atoms with van der Waals surface area (Å²) in [6.07, 6.45) is 5.21. The monoisotopic (exact) mass is 309 g/mol. The fraction of sp³-hybridized carbons (Fsp3) is 0.643. The highest BCUT2D eigenvalue weighted by molar-refractivity contribution is 7.09. The van der Waals surface area contributed by atoms with Gasteiger partial charge in [0, 0.05) is 23.9 Å². The van der Waals surface area contributed by atoms with Crippen molar-refractivity contribution in [2.45, 2.75) is 50.7 Å². The SMILES string of the molecule is O=C(CC1CC2CCC(C1)N2)NCc1nc(C(=O)O)cs1. The number of fused-ring (bicyclic) bond motifs is 2. The Morgan fingerprint density at radius 2 is 2.10 bits per heavy atom. The van der Waals surface area contributed by atoms with Crippen molar-refractivity contribution >= 4 is 23.2 Å². The predicted octanol–water partition coefficient (Wildman–Crippen LogP) is 1.38. The fourth-order valence-corrected chi connectivity index (χ4v) is 4.05. The van der Waals surface area contributed by atoms with Gasteiger partial charge in [0.1, 0.15) is 5.01 Å². The Morgan fingerprint density at radius 1 is 1.38 bits per heavy atom. The molecule has 114 valence electrons. The van der Waals surface area contributed by atoms with Gasteiger partial charge in [0.05, 0.1) is 6.54 Å². The maximum absolute atomic E-state index is 12.0. The summed E-state index contributed by atoms with van der Waals surface area (Å²) in [7, 11) is 0. The van der Waals surface area contributed by atoms with E-state index in [9.17, 15) is 9.59 Å². The third-order valence-electron chi connectivity index (χ3n) is 4.25. The topological polar surface area (TPSA) is 91.3 Å². The van der Waals surface area contributed by atoms with Crippen molar-refractivity contribution in [2.24, 2.45) is 5.92 Å². The van der Waals surface area contributed by atoms with Gasteiger partial charge in [-0.1, -0.05) is 0 Å². The molecule has 6 nitrogen and oxygen atoms in total. The molecule has 1 aromatic heterocycles. The number of carboxylic acids is 1. The number of carboxylic acid groups (broad SMARTS) is 1. The Morgan fingerprint density at radius 3 is 2.71 bits per heavy atom. The van der Waals surface area contributed by atoms with Crippen LogP contribution in [0.5, 0.6) is 0 Å². The number of piperidine rings is 1. The standard InChI is InChI=1S/C14H19N3O3S/c18-12(5-8-3-9-1-2-10(4-8)16-9)15-6-13-17-11(7-21-13)14(19)20/h7-10,16H,1-6H2,(H,15,18)(H,19,20). The normalized spacial score (nSPS) is 27.5. The van der Waals surface area contributed by atoms with Gasteiger partial charge < -0.3 is 15.7 Å². The number of nitrogens with one attached hydrogen (secondary N) is 2. The number of carbonyl (C=O) groups is 2. The van der Waals surface area contributed by atoms with Crippen molar-refractivity contribution in [3.8, 4) is 0 Å². The van der Waals surface area contributed by atoms with E-state index >= 15 is 0 Å². The van der Waals surface area contributed by atoms with E-state index < -0.39 is 5.97 Å². The van der Waals surface area contributed by atoms with Crippen LogP contribution in [0.2, 0.25) is 0 Å². The van der Waals surface area contributed by atoms with Gasteiger partial charge in [0.25, 0.3) is 0 Å². The quantitative estimate of drug-likeness (QED) is 0.764. The first kappa shape index (κ1) is 14.5. The zero-order valence-electron chi connectivity index (χ0n) is 11.7. The molecule has 0 aromatic carbocycles. The van der Waals surface area contributed by atoms with Crippen molar-refractivity contribution in [1.29, 1.82) is 0 Å². The lowest BCUT2D eigenvalue weighted by Crippen LogP contribution is -2.39. The Kier molecular flexibility index (Phi) is 4.21. The predicted molar refractivity (Wildman–Crippen MR) is 78.2 cm³/mol. The number of aromatic nitrogens is 1. The lowest BCUT2D eigenvalue weighted by Gasteiger charge is -2.28. The Labute approximate surface area is 127 Å². The van der Waals surface area contributed by atoms with Crippen LogP contribution in [-0.2, 0) is 11.3 Å². The molecule has 2 unspecified atom stereocenters. The first-order chi connectivity index (χ1) is 10.1. The molecule has 1 aromatic rings. The first-order valence-corrected chi connectivity index (χ1v) is 8.18. The molecule has 7 heteroatoms. The minimum atomic E-state index is -1.03. The van der Waals surface area contributed by atoms with Crippen molar-refractivity contribution in [3.63, 3.8) is 0 Å². The van der Waals surface area contributed by atoms with Gasteiger partial charge in [-0.15, -0.1) is 11.3 Å². The zero-order chi connectivity index (χ0) is 14.8. The van der Waals surface area contributed by atoms with Crippen LogP contribution < -0.4 is 10.6 Å². The second-order valence-corrected chi connectivity index (χ2v) is 6.83. The number of amides is 1. The number of rotatable bonds is 5. The molecular formula is C14H19N3O3S. The maximum atomic E-state index is 12.0. The van der Waals surface area contributed by atoms with Crippen molar-refractivity contribution in [3.05, 3.63) is 16.1 Å². The molecular weight excluding hydrogens is 290 g/mol. The van der Waals surface area contributed by atoms with E-state index in [4.69, 9.17) is 5.11 Å². The molecule has 3 rings (SSSR count). The van der Waals surface area contributed by atoms with Crippen molar-refractivity contribution in [2.75, 3.05) is 0 Å². The van der Waals surface area contributed by atoms with Gasteiger partial charge in [-0.3, -0.25) is 4.79 Å². The van der Waals surface area contributed by atoms with Gasteiger partial charge in [-0.2, -0.15) is 0 Å². The molecule has 2 saturated heterocycles. The van der Waals surface area contributed by atoms with Crippen LogP contribution >= 0.6 is 11.3 Å². The van der Waals surface area contributed by atoms with Crippen molar-refractivity contribution in [1.82, 2.24) is 15.6 Å². The average molecular weight is 309 g/mol. The summed E-state index contributed by atoms with van der Waals surface area (Å²) in [4.78, 5) is 26.7. The number of thiazole rings is 1. The lowest BCUT2D eigenvalue weighted by atomic mass is 9.89. The third kappa shape index (κ3) is 3.59. The van der Waals surface area contributed by atoms with E-state index in [2.05, 4.69) is 15.6 Å². The van der Waals surface area contributed by atoms with E-state index in [0.29, 0.717) is 36.0 Å². The van der Waals surface area contributed by atoms with Gasteiger partial charge >= 0.3 is 5.97 Å². The lowest BCUT2D eigenvalue weighted by molar-refractivity contribution is -0.122. The summed E-state index contributed by atoms with van der Waals surface area (Å²) in [5, 5.41) is 17.3. The zero-order valence-corrected chi connectivity index (χ0v) is 12.5. The van der Waals surface area contributed by atoms with Gasteiger partial charge in [0.15, 0.2) is 5.69 Å². The van der Waals surface area contributed by atoms with Gasteiger partial charge in [-0.25, -0.2) is 9.78 Å². The van der Waals surface area contributed by atoms with E-state index in [-0.39, 0.29) is 11.6 Å². The first-order valence-electron chi connectivity index (χ1n) is 7.30. The van der Waals surface area contributed by atoms with E-state index in [1.807, 2.05) is 0 Å². The molecule has 2 fully saturated rings. The second kappa shape index (κ2) is 6.11. The number of hydrogen-bond donors (Lipinski definition) is 3. The van der Waals surface area contributed by atoms with E-state index in [0.717, 1.165) is 12.8 Å². The minimum Gasteiger partial charge on any atom is -0.476 e. The number of aromatic carboxylic acids is 1. The smallest absolute Gasteiger partial charge is 0.355 e. The van der Waals surface area contributed by atoms with Crippen LogP contribution in [0.1, 0.15) is 47.6 Å². The Balaban J connectivity index is 1.44. The summed E-state index contributed by atoms with van der Waals surface area (Å²) in [6, 6.07) is 1.19. The summed E-state index contributed by atoms with van der Waals surface area (Å²) in [6.45, 7) is 0.314. The Bertz CT molecular complexity index is 533. The highest BCUT2D eigenvalue weighted by atomic mass is 32.1. The molecule has 3 heterocycles. The van der Waals surface area contributed by atoms with Crippen LogP contribution in [-0.4, -0.2) is 34.1 Å². The number of hydrogen-bond acceptors (Lipinski definition) is 5. The molecule has 3 N–H and O–H groups in total. The molecule has 2 aliphatic rings. The minimum absolute atomic E-state index is 0.0355. The summed E-state index contributed by atoms with van der Waals surface area (Å²) >= 11 is 1.26. The summed E-state index contributed by atoms with van der Waals surface area (Å²) in [5.41, 5.74) is 0.0409. The van der Waals surface area contributed by atoms with Crippen LogP contribution in [0.15, 0.2) is 5.38 Å². The molecule has 0 saturated carbocycles. The summed E-state index contributed by atoms with van der Waals surface area (Å²) in [5.74, 6) is -0.531. The highest BCUT2D eigenvalue weighted by Crippen LogP contribution is 2.32. The fourth-order valence-electron chi connectivity index (χ4n) is 3.34. The van der Waals surface area contributed by atoms with Crippen LogP contribution in [0, 0.1) is 5.92 Å². The van der Waals surface area contributed by atoms with Gasteiger partial charge in [0.2, 0.25) is 5.91 Å². The molecule has 0 spiro atoms. The molecule has 0 aliphatic carbocycles. The van der Waals surface area contributed by atoms with Crippen LogP contribution in [0.4, 0.5) is 0 Å². The van der Waals surface area contributed by atoms with E-state index in [1.54, 1.807) is 0 Å². The summed E-state index contributed by atoms with van der Waals surface area (Å²) < 4.78 is 0. The van der Waals surface area contributed by atoms with Crippen LogP contribution in [0.3, 0.4) is 0 Å². The van der Waals surface area contributed by atoms with Crippen LogP contribution in [0.25, 0.3) is 0 Å². The molecule has 2 aliphatic heterocycles. The largest absolute Gasteiger partial charge is 0.476 e. The van der Waals surface area contributed by atoms with Gasteiger partial charge in [-0.05, 0) is 31.6 Å². The molecule has 2 atom stereocenters. The number of carbonyl (C=O) groups excluding carboxylic acids is 1. The molecule has 1 amide bonds. The van der Waals surface area contributed by atoms with E-state index in [1.165, 1.54) is 29.6 Å². The maximum Gasteiger partial charge on any atom is 0.355 e. The molecule has 0 radical (unpaired) electrons. The average Bonchev–Trinajstić information content (AvgIpc) is 3.03. The number of nitrogens with zero attached hydrogens (tertiary/aromatic N) is 1. The second-order valence-electron chi connectivity index (χ2n) is 5.89. The molecule has 21 heavy (non-hydrogen) atoms.